The first kappa shape index (κ1) is 28.7. The number of methoxy groups -OCH3 is 1. The van der Waals surface area contributed by atoms with Gasteiger partial charge < -0.3 is 20.3 Å². The molecule has 7 nitrogen and oxygen atoms in total. The summed E-state index contributed by atoms with van der Waals surface area (Å²) in [4.78, 5) is 21.5. The summed E-state index contributed by atoms with van der Waals surface area (Å²) >= 11 is 0. The first-order valence-corrected chi connectivity index (χ1v) is 12.7. The normalized spacial score (nSPS) is 23.0. The van der Waals surface area contributed by atoms with E-state index in [1.54, 1.807) is 19.3 Å². The zero-order valence-corrected chi connectivity index (χ0v) is 22.1. The number of aromatic nitrogens is 2. The predicted molar refractivity (Wildman–Crippen MR) is 139 cm³/mol. The van der Waals surface area contributed by atoms with Crippen LogP contribution in [0.2, 0.25) is 0 Å². The van der Waals surface area contributed by atoms with Crippen LogP contribution in [0.15, 0.2) is 42.7 Å². The number of pyridine rings is 2. The molecule has 3 N–H and O–H groups in total. The number of hydrogen-bond acceptors (Lipinski definition) is 7. The zero-order valence-electron chi connectivity index (χ0n) is 22.1. The van der Waals surface area contributed by atoms with Crippen molar-refractivity contribution in [1.29, 1.82) is 0 Å². The minimum Gasteiger partial charge on any atom is -0.488 e. The molecule has 1 aliphatic carbocycles. The van der Waals surface area contributed by atoms with Crippen LogP contribution in [-0.4, -0.2) is 52.8 Å². The van der Waals surface area contributed by atoms with E-state index in [-0.39, 0.29) is 42.9 Å². The van der Waals surface area contributed by atoms with Crippen LogP contribution < -0.4 is 10.5 Å². The lowest BCUT2D eigenvalue weighted by Crippen LogP contribution is -2.54. The molecule has 0 spiro atoms. The number of ether oxygens (including phenoxy) is 2. The average molecular weight is 544 g/mol. The Morgan fingerprint density at radius 2 is 1.87 bits per heavy atom. The molecule has 0 bridgehead atoms. The summed E-state index contributed by atoms with van der Waals surface area (Å²) in [5.41, 5.74) is 5.30. The molecule has 208 valence electrons. The first-order valence-electron chi connectivity index (χ1n) is 12.7. The molecule has 0 unspecified atom stereocenters. The van der Waals surface area contributed by atoms with E-state index in [0.29, 0.717) is 18.4 Å². The number of nitrogens with zero attached hydrogens (tertiary/aromatic N) is 2. The lowest BCUT2D eigenvalue weighted by atomic mass is 9.67. The average Bonchev–Trinajstić information content (AvgIpc) is 2.90. The second-order valence-electron chi connectivity index (χ2n) is 10.2. The van der Waals surface area contributed by atoms with Gasteiger partial charge in [-0.1, -0.05) is 6.92 Å². The molecule has 10 heteroatoms. The first-order chi connectivity index (χ1) is 18.5. The minimum absolute atomic E-state index is 0.00167. The third-order valence-electron chi connectivity index (χ3n) is 7.63. The van der Waals surface area contributed by atoms with Gasteiger partial charge in [0.25, 0.3) is 0 Å². The summed E-state index contributed by atoms with van der Waals surface area (Å²) in [5, 5.41) is 10.7. The zero-order chi connectivity index (χ0) is 28.3. The molecule has 1 aromatic carbocycles. The Morgan fingerprint density at radius 1 is 1.13 bits per heavy atom. The van der Waals surface area contributed by atoms with Crippen molar-refractivity contribution >= 4 is 5.78 Å². The van der Waals surface area contributed by atoms with Gasteiger partial charge in [0.2, 0.25) is 0 Å². The van der Waals surface area contributed by atoms with Gasteiger partial charge in [-0.05, 0) is 73.1 Å². The maximum atomic E-state index is 15.1. The number of rotatable bonds is 9. The van der Waals surface area contributed by atoms with Crippen LogP contribution in [0.5, 0.6) is 5.75 Å². The molecule has 1 saturated carbocycles. The standard InChI is InChI=1S/C29H32F3N3O4/c1-16-12-17(14-25(33)29(16,2)37)19-8-9-34-15-18(19)13-23(36)22-6-4-21(31)28(35-22)26-20(30)5-7-24(27(26)32)39-11-10-38-3/h4-9,15-17,25,37H,10-14,33H2,1-3H3/t16-,17+,25+,29+/m0/s1. The molecule has 0 aliphatic heterocycles. The highest BCUT2D eigenvalue weighted by molar-refractivity contribution is 5.96. The number of carbonyl (C=O) groups is 1. The van der Waals surface area contributed by atoms with Crippen molar-refractivity contribution in [2.24, 2.45) is 11.7 Å². The van der Waals surface area contributed by atoms with Gasteiger partial charge in [-0.2, -0.15) is 0 Å². The number of carbonyl (C=O) groups excluding carboxylic acids is 1. The summed E-state index contributed by atoms with van der Waals surface area (Å²) in [6.07, 6.45) is 4.31. The van der Waals surface area contributed by atoms with E-state index in [0.717, 1.165) is 23.8 Å². The largest absolute Gasteiger partial charge is 0.488 e. The molecule has 0 radical (unpaired) electrons. The molecule has 0 amide bonds. The van der Waals surface area contributed by atoms with Gasteiger partial charge in [0.15, 0.2) is 17.3 Å². The molecule has 2 heterocycles. The predicted octanol–water partition coefficient (Wildman–Crippen LogP) is 4.60. The van der Waals surface area contributed by atoms with Crippen LogP contribution in [-0.2, 0) is 11.2 Å². The van der Waals surface area contributed by atoms with E-state index in [4.69, 9.17) is 15.2 Å². The third kappa shape index (κ3) is 5.98. The van der Waals surface area contributed by atoms with Gasteiger partial charge in [0.1, 0.15) is 29.6 Å². The van der Waals surface area contributed by atoms with Crippen molar-refractivity contribution in [1.82, 2.24) is 9.97 Å². The Bertz CT molecular complexity index is 1340. The molecule has 1 fully saturated rings. The van der Waals surface area contributed by atoms with Crippen molar-refractivity contribution < 1.29 is 32.5 Å². The van der Waals surface area contributed by atoms with Crippen molar-refractivity contribution in [2.45, 2.75) is 50.7 Å². The van der Waals surface area contributed by atoms with Gasteiger partial charge in [-0.3, -0.25) is 9.78 Å². The number of ketones is 1. The fourth-order valence-corrected chi connectivity index (χ4v) is 5.04. The van der Waals surface area contributed by atoms with E-state index in [1.807, 2.05) is 13.0 Å². The van der Waals surface area contributed by atoms with Crippen LogP contribution in [0.1, 0.15) is 54.2 Å². The lowest BCUT2D eigenvalue weighted by molar-refractivity contribution is -0.0464. The molecular weight excluding hydrogens is 511 g/mol. The van der Waals surface area contributed by atoms with E-state index in [9.17, 15) is 18.7 Å². The summed E-state index contributed by atoms with van der Waals surface area (Å²) in [6.45, 7) is 3.85. The molecule has 3 aromatic rings. The van der Waals surface area contributed by atoms with Gasteiger partial charge >= 0.3 is 0 Å². The molecule has 4 rings (SSSR count). The SMILES string of the molecule is COCCOc1ccc(F)c(-c2nc(C(=O)Cc3cnccc3[C@H]3C[C@@H](N)[C@](C)(O)[C@@H](C)C3)ccc2F)c1F. The van der Waals surface area contributed by atoms with Crippen molar-refractivity contribution in [3.63, 3.8) is 0 Å². The van der Waals surface area contributed by atoms with Gasteiger partial charge in [0, 0.05) is 32.0 Å². The monoisotopic (exact) mass is 543 g/mol. The molecule has 4 atom stereocenters. The highest BCUT2D eigenvalue weighted by Crippen LogP contribution is 2.42. The van der Waals surface area contributed by atoms with Crippen molar-refractivity contribution in [3.8, 4) is 17.0 Å². The quantitative estimate of drug-likeness (QED) is 0.300. The number of halogens is 3. The van der Waals surface area contributed by atoms with E-state index in [2.05, 4.69) is 9.97 Å². The van der Waals surface area contributed by atoms with Crippen LogP contribution in [0.4, 0.5) is 13.2 Å². The molecule has 0 saturated heterocycles. The Labute approximate surface area is 225 Å². The van der Waals surface area contributed by atoms with Crippen LogP contribution in [0.25, 0.3) is 11.3 Å². The fraction of sp³-hybridized carbons (Fsp3) is 0.414. The second-order valence-corrected chi connectivity index (χ2v) is 10.2. The minimum atomic E-state index is -1.13. The maximum absolute atomic E-state index is 15.1. The summed E-state index contributed by atoms with van der Waals surface area (Å²) < 4.78 is 54.8. The highest BCUT2D eigenvalue weighted by Gasteiger charge is 2.42. The Balaban J connectivity index is 1.62. The second kappa shape index (κ2) is 11.8. The molecule has 1 aliphatic rings. The van der Waals surface area contributed by atoms with E-state index >= 15 is 4.39 Å². The molecule has 39 heavy (non-hydrogen) atoms. The number of hydrogen-bond donors (Lipinski definition) is 2. The van der Waals surface area contributed by atoms with Crippen molar-refractivity contribution in [2.75, 3.05) is 20.3 Å². The Morgan fingerprint density at radius 3 is 2.59 bits per heavy atom. The van der Waals surface area contributed by atoms with Gasteiger partial charge in [-0.25, -0.2) is 18.2 Å². The van der Waals surface area contributed by atoms with Crippen LogP contribution >= 0.6 is 0 Å². The van der Waals surface area contributed by atoms with E-state index < -0.39 is 46.1 Å². The van der Waals surface area contributed by atoms with Crippen molar-refractivity contribution in [3.05, 3.63) is 77.0 Å². The number of benzene rings is 1. The van der Waals surface area contributed by atoms with Gasteiger partial charge in [0.05, 0.1) is 17.8 Å². The summed E-state index contributed by atoms with van der Waals surface area (Å²) in [7, 11) is 1.45. The molecular formula is C29H32F3N3O4. The number of Topliss-reactive ketones (excluding diaryl/α,β-unsaturated/α-hetero) is 1. The highest BCUT2D eigenvalue weighted by atomic mass is 19.1. The van der Waals surface area contributed by atoms with Crippen LogP contribution in [0, 0.1) is 23.4 Å². The summed E-state index contributed by atoms with van der Waals surface area (Å²) in [5.74, 6) is -3.99. The smallest absolute Gasteiger partial charge is 0.185 e. The topological polar surface area (TPSA) is 108 Å². The summed E-state index contributed by atoms with van der Waals surface area (Å²) in [6, 6.07) is 5.57. The molecule has 2 aromatic heterocycles. The maximum Gasteiger partial charge on any atom is 0.185 e. The number of aliphatic hydroxyl groups is 1. The van der Waals surface area contributed by atoms with Crippen LogP contribution in [0.3, 0.4) is 0 Å². The lowest BCUT2D eigenvalue weighted by Gasteiger charge is -2.44. The Kier molecular flexibility index (Phi) is 8.68. The number of nitrogens with two attached hydrogens (primary N) is 1. The van der Waals surface area contributed by atoms with E-state index in [1.165, 1.54) is 13.2 Å². The van der Waals surface area contributed by atoms with Gasteiger partial charge in [-0.15, -0.1) is 0 Å². The Hall–Kier alpha value is -3.34. The fourth-order valence-electron chi connectivity index (χ4n) is 5.04. The third-order valence-corrected chi connectivity index (χ3v) is 7.63.